The van der Waals surface area contributed by atoms with Crippen LogP contribution in [-0.4, -0.2) is 23.6 Å². The molecule has 2 aromatic rings. The van der Waals surface area contributed by atoms with E-state index in [4.69, 9.17) is 27.9 Å². The van der Waals surface area contributed by atoms with Crippen LogP contribution >= 0.6 is 23.2 Å². The van der Waals surface area contributed by atoms with Crippen molar-refractivity contribution in [2.75, 3.05) is 17.2 Å². The summed E-state index contributed by atoms with van der Waals surface area (Å²) >= 11 is 11.8. The smallest absolute Gasteiger partial charge is 0.340 e. The SMILES string of the molecule is CCOC(=O)c1cc(NC(=O)Nc2ccc(Cl)c(Cl)c2)c(C)nc1C. The molecule has 2 N–H and O–H groups in total. The highest BCUT2D eigenvalue weighted by Gasteiger charge is 2.15. The predicted octanol–water partition coefficient (Wildman–Crippen LogP) is 4.83. The van der Waals surface area contributed by atoms with Crippen molar-refractivity contribution in [2.24, 2.45) is 0 Å². The largest absolute Gasteiger partial charge is 0.462 e. The third kappa shape index (κ3) is 4.84. The lowest BCUT2D eigenvalue weighted by molar-refractivity contribution is 0.0525. The molecule has 1 aromatic heterocycles. The highest BCUT2D eigenvalue weighted by molar-refractivity contribution is 6.42. The number of rotatable bonds is 4. The zero-order valence-corrected chi connectivity index (χ0v) is 15.5. The van der Waals surface area contributed by atoms with Gasteiger partial charge >= 0.3 is 12.0 Å². The summed E-state index contributed by atoms with van der Waals surface area (Å²) in [7, 11) is 0. The topological polar surface area (TPSA) is 80.3 Å². The van der Waals surface area contributed by atoms with Crippen molar-refractivity contribution in [1.82, 2.24) is 4.98 Å². The number of hydrogen-bond acceptors (Lipinski definition) is 4. The number of pyridine rings is 1. The average molecular weight is 382 g/mol. The van der Waals surface area contributed by atoms with Crippen molar-refractivity contribution >= 4 is 46.6 Å². The Hall–Kier alpha value is -2.31. The molecule has 0 saturated carbocycles. The molecule has 1 heterocycles. The van der Waals surface area contributed by atoms with E-state index in [-0.39, 0.29) is 6.61 Å². The van der Waals surface area contributed by atoms with E-state index >= 15 is 0 Å². The highest BCUT2D eigenvalue weighted by Crippen LogP contribution is 2.25. The predicted molar refractivity (Wildman–Crippen MR) is 98.8 cm³/mol. The monoisotopic (exact) mass is 381 g/mol. The summed E-state index contributed by atoms with van der Waals surface area (Å²) in [5, 5.41) is 6.02. The number of nitrogens with one attached hydrogen (secondary N) is 2. The number of halogens is 2. The summed E-state index contributed by atoms with van der Waals surface area (Å²) in [5.74, 6) is -0.486. The lowest BCUT2D eigenvalue weighted by Gasteiger charge is -2.13. The second-order valence-corrected chi connectivity index (χ2v) is 6.00. The van der Waals surface area contributed by atoms with Gasteiger partial charge in [-0.05, 0) is 45.0 Å². The van der Waals surface area contributed by atoms with Gasteiger partial charge in [0.15, 0.2) is 0 Å². The summed E-state index contributed by atoms with van der Waals surface area (Å²) in [5.41, 5.74) is 2.31. The van der Waals surface area contributed by atoms with Crippen molar-refractivity contribution in [1.29, 1.82) is 0 Å². The third-order valence-electron chi connectivity index (χ3n) is 3.32. The molecule has 0 fully saturated rings. The Kier molecular flexibility index (Phi) is 6.22. The molecule has 0 radical (unpaired) electrons. The molecule has 132 valence electrons. The Labute approximate surface area is 155 Å². The standard InChI is InChI=1S/C17H17Cl2N3O3/c1-4-25-16(23)12-8-15(10(3)20-9(12)2)22-17(24)21-11-5-6-13(18)14(19)7-11/h5-8H,4H2,1-3H3,(H2,21,22,24). The van der Waals surface area contributed by atoms with Crippen LogP contribution in [0.15, 0.2) is 24.3 Å². The van der Waals surface area contributed by atoms with E-state index in [1.165, 1.54) is 6.07 Å². The Morgan fingerprint density at radius 2 is 1.80 bits per heavy atom. The fourth-order valence-corrected chi connectivity index (χ4v) is 2.42. The van der Waals surface area contributed by atoms with E-state index in [0.29, 0.717) is 38.4 Å². The van der Waals surface area contributed by atoms with Crippen LogP contribution in [0.4, 0.5) is 16.2 Å². The van der Waals surface area contributed by atoms with Gasteiger partial charge < -0.3 is 15.4 Å². The van der Waals surface area contributed by atoms with Gasteiger partial charge in [0.25, 0.3) is 0 Å². The van der Waals surface area contributed by atoms with Gasteiger partial charge in [0.05, 0.1) is 39.3 Å². The van der Waals surface area contributed by atoms with E-state index < -0.39 is 12.0 Å². The molecular formula is C17H17Cl2N3O3. The summed E-state index contributed by atoms with van der Waals surface area (Å²) < 4.78 is 4.99. The maximum absolute atomic E-state index is 12.2. The van der Waals surface area contributed by atoms with E-state index in [1.807, 2.05) is 0 Å². The summed E-state index contributed by atoms with van der Waals surface area (Å²) in [6.45, 7) is 5.42. The van der Waals surface area contributed by atoms with Gasteiger partial charge in [0, 0.05) is 5.69 Å². The normalized spacial score (nSPS) is 10.3. The number of aromatic nitrogens is 1. The van der Waals surface area contributed by atoms with Crippen LogP contribution in [0.2, 0.25) is 10.0 Å². The van der Waals surface area contributed by atoms with Crippen LogP contribution in [0.5, 0.6) is 0 Å². The Morgan fingerprint density at radius 1 is 1.08 bits per heavy atom. The zero-order valence-electron chi connectivity index (χ0n) is 13.9. The second kappa shape index (κ2) is 8.18. The van der Waals surface area contributed by atoms with Gasteiger partial charge in [0.1, 0.15) is 0 Å². The minimum absolute atomic E-state index is 0.257. The van der Waals surface area contributed by atoms with Gasteiger partial charge in [-0.1, -0.05) is 23.2 Å². The molecule has 0 bridgehead atoms. The van der Waals surface area contributed by atoms with Crippen LogP contribution < -0.4 is 10.6 Å². The van der Waals surface area contributed by atoms with Crippen molar-refractivity contribution in [3.8, 4) is 0 Å². The Balaban J connectivity index is 2.18. The van der Waals surface area contributed by atoms with Crippen LogP contribution in [-0.2, 0) is 4.74 Å². The molecule has 1 aromatic carbocycles. The molecule has 0 atom stereocenters. The molecule has 8 heteroatoms. The maximum atomic E-state index is 12.2. The molecule has 0 spiro atoms. The summed E-state index contributed by atoms with van der Waals surface area (Å²) in [6.07, 6.45) is 0. The first kappa shape index (κ1) is 19.0. The fourth-order valence-electron chi connectivity index (χ4n) is 2.13. The number of carbonyl (C=O) groups is 2. The molecule has 0 aliphatic carbocycles. The third-order valence-corrected chi connectivity index (χ3v) is 4.06. The van der Waals surface area contributed by atoms with Gasteiger partial charge in [-0.15, -0.1) is 0 Å². The number of urea groups is 1. The van der Waals surface area contributed by atoms with E-state index in [0.717, 1.165) is 0 Å². The van der Waals surface area contributed by atoms with Gasteiger partial charge in [-0.25, -0.2) is 9.59 Å². The van der Waals surface area contributed by atoms with E-state index in [1.54, 1.807) is 39.0 Å². The van der Waals surface area contributed by atoms with Crippen LogP contribution in [0.3, 0.4) is 0 Å². The molecular weight excluding hydrogens is 365 g/mol. The van der Waals surface area contributed by atoms with Crippen LogP contribution in [0.25, 0.3) is 0 Å². The quantitative estimate of drug-likeness (QED) is 0.743. The van der Waals surface area contributed by atoms with Crippen molar-refractivity contribution in [2.45, 2.75) is 20.8 Å². The number of nitrogens with zero attached hydrogens (tertiary/aromatic N) is 1. The number of aryl methyl sites for hydroxylation is 2. The number of esters is 1. The Morgan fingerprint density at radius 3 is 2.44 bits per heavy atom. The summed E-state index contributed by atoms with van der Waals surface area (Å²) in [4.78, 5) is 28.4. The highest BCUT2D eigenvalue weighted by atomic mass is 35.5. The number of benzene rings is 1. The molecule has 2 rings (SSSR count). The van der Waals surface area contributed by atoms with Gasteiger partial charge in [-0.2, -0.15) is 0 Å². The molecule has 0 aliphatic rings. The van der Waals surface area contributed by atoms with E-state index in [2.05, 4.69) is 15.6 Å². The lowest BCUT2D eigenvalue weighted by Crippen LogP contribution is -2.21. The first-order chi connectivity index (χ1) is 11.8. The second-order valence-electron chi connectivity index (χ2n) is 5.18. The molecule has 2 amide bonds. The van der Waals surface area contributed by atoms with Crippen molar-refractivity contribution in [3.63, 3.8) is 0 Å². The minimum Gasteiger partial charge on any atom is -0.462 e. The zero-order chi connectivity index (χ0) is 18.6. The molecule has 0 unspecified atom stereocenters. The van der Waals surface area contributed by atoms with Crippen molar-refractivity contribution < 1.29 is 14.3 Å². The first-order valence-corrected chi connectivity index (χ1v) is 8.25. The van der Waals surface area contributed by atoms with Crippen LogP contribution in [0.1, 0.15) is 28.7 Å². The van der Waals surface area contributed by atoms with E-state index in [9.17, 15) is 9.59 Å². The summed E-state index contributed by atoms with van der Waals surface area (Å²) in [6, 6.07) is 5.79. The van der Waals surface area contributed by atoms with Gasteiger partial charge in [0.2, 0.25) is 0 Å². The fraction of sp³-hybridized carbons (Fsp3) is 0.235. The van der Waals surface area contributed by atoms with Crippen molar-refractivity contribution in [3.05, 3.63) is 51.3 Å². The molecule has 0 aliphatic heterocycles. The first-order valence-electron chi connectivity index (χ1n) is 7.50. The molecule has 25 heavy (non-hydrogen) atoms. The van der Waals surface area contributed by atoms with Crippen LogP contribution in [0, 0.1) is 13.8 Å². The minimum atomic E-state index is -0.498. The lowest BCUT2D eigenvalue weighted by atomic mass is 10.1. The Bertz CT molecular complexity index is 825. The number of amides is 2. The number of anilines is 2. The number of hydrogen-bond donors (Lipinski definition) is 2. The average Bonchev–Trinajstić information content (AvgIpc) is 2.53. The maximum Gasteiger partial charge on any atom is 0.340 e. The molecule has 6 nitrogen and oxygen atoms in total. The number of carbonyl (C=O) groups excluding carboxylic acids is 2. The molecule has 0 saturated heterocycles. The number of ether oxygens (including phenoxy) is 1. The van der Waals surface area contributed by atoms with Gasteiger partial charge in [-0.3, -0.25) is 4.98 Å².